The summed E-state index contributed by atoms with van der Waals surface area (Å²) in [5, 5.41) is 4.27. The normalized spacial score (nSPS) is 17.8. The number of nitrogens with zero attached hydrogens (tertiary/aromatic N) is 1. The van der Waals surface area contributed by atoms with Crippen LogP contribution in [-0.2, 0) is 5.41 Å². The number of nitrogens with two attached hydrogens (primary N) is 1. The molecule has 1 fully saturated rings. The van der Waals surface area contributed by atoms with Crippen LogP contribution >= 0.6 is 15.9 Å². The van der Waals surface area contributed by atoms with Crippen LogP contribution in [0.25, 0.3) is 11.3 Å². The molecule has 0 amide bonds. The van der Waals surface area contributed by atoms with Gasteiger partial charge in [-0.05, 0) is 25.0 Å². The average molecular weight is 321 g/mol. The van der Waals surface area contributed by atoms with Gasteiger partial charge in [0.15, 0.2) is 5.76 Å². The Labute approximate surface area is 121 Å². The predicted octanol–water partition coefficient (Wildman–Crippen LogP) is 3.87. The van der Waals surface area contributed by atoms with Gasteiger partial charge < -0.3 is 10.3 Å². The number of rotatable bonds is 3. The van der Waals surface area contributed by atoms with E-state index in [4.69, 9.17) is 10.3 Å². The Morgan fingerprint density at radius 2 is 1.89 bits per heavy atom. The third-order valence-corrected chi connectivity index (χ3v) is 4.66. The molecule has 1 aliphatic rings. The van der Waals surface area contributed by atoms with Gasteiger partial charge in [0.05, 0.1) is 5.69 Å². The van der Waals surface area contributed by atoms with E-state index in [1.807, 2.05) is 24.3 Å². The van der Waals surface area contributed by atoms with E-state index in [1.54, 1.807) is 0 Å². The Morgan fingerprint density at radius 1 is 1.21 bits per heavy atom. The lowest BCUT2D eigenvalue weighted by Crippen LogP contribution is -2.32. The molecular formula is C15H17BrN2O. The van der Waals surface area contributed by atoms with Gasteiger partial charge in [0.25, 0.3) is 0 Å². The third kappa shape index (κ3) is 2.35. The highest BCUT2D eigenvalue weighted by atomic mass is 79.9. The minimum atomic E-state index is 0.0388. The maximum atomic E-state index is 5.98. The largest absolute Gasteiger partial charge is 0.356 e. The van der Waals surface area contributed by atoms with Crippen molar-refractivity contribution >= 4 is 15.9 Å². The lowest BCUT2D eigenvalue weighted by Gasteiger charge is -2.23. The number of hydrogen-bond acceptors (Lipinski definition) is 3. The van der Waals surface area contributed by atoms with Crippen LogP contribution in [-0.4, -0.2) is 11.7 Å². The molecule has 0 aliphatic heterocycles. The summed E-state index contributed by atoms with van der Waals surface area (Å²) in [5.74, 6) is 0.822. The van der Waals surface area contributed by atoms with Crippen molar-refractivity contribution < 1.29 is 4.52 Å². The van der Waals surface area contributed by atoms with Gasteiger partial charge in [0.1, 0.15) is 0 Å². The van der Waals surface area contributed by atoms with Gasteiger partial charge >= 0.3 is 0 Å². The van der Waals surface area contributed by atoms with Crippen LogP contribution in [0.2, 0.25) is 0 Å². The van der Waals surface area contributed by atoms with Crippen LogP contribution in [0.4, 0.5) is 0 Å². The summed E-state index contributed by atoms with van der Waals surface area (Å²) in [4.78, 5) is 0. The Hall–Kier alpha value is -1.13. The minimum absolute atomic E-state index is 0.0388. The fourth-order valence-corrected chi connectivity index (χ4v) is 3.16. The van der Waals surface area contributed by atoms with Gasteiger partial charge in [0.2, 0.25) is 0 Å². The summed E-state index contributed by atoms with van der Waals surface area (Å²) >= 11 is 3.43. The highest BCUT2D eigenvalue weighted by molar-refractivity contribution is 9.10. The molecule has 3 nitrogen and oxygen atoms in total. The molecule has 0 radical (unpaired) electrons. The highest BCUT2D eigenvalue weighted by Crippen LogP contribution is 2.40. The Bertz CT molecular complexity index is 556. The smallest absolute Gasteiger partial charge is 0.167 e. The first-order valence-corrected chi connectivity index (χ1v) is 7.46. The van der Waals surface area contributed by atoms with Crippen molar-refractivity contribution in [3.63, 3.8) is 0 Å². The van der Waals surface area contributed by atoms with Gasteiger partial charge in [-0.1, -0.05) is 46.1 Å². The number of hydrogen-bond donors (Lipinski definition) is 1. The van der Waals surface area contributed by atoms with Crippen molar-refractivity contribution in [2.24, 2.45) is 5.73 Å². The molecule has 0 atom stereocenters. The second-order valence-electron chi connectivity index (χ2n) is 5.27. The van der Waals surface area contributed by atoms with Gasteiger partial charge in [-0.25, -0.2) is 0 Å². The van der Waals surface area contributed by atoms with E-state index in [9.17, 15) is 0 Å². The summed E-state index contributed by atoms with van der Waals surface area (Å²) in [6.07, 6.45) is 4.71. The quantitative estimate of drug-likeness (QED) is 0.933. The van der Waals surface area contributed by atoms with Gasteiger partial charge in [-0.2, -0.15) is 0 Å². The Balaban J connectivity index is 1.92. The standard InChI is InChI=1S/C15H17BrN2O/c16-12-5-3-11(4-6-12)13-9-14(18-19-13)15(10-17)7-1-2-8-15/h3-6,9H,1-2,7-8,10,17H2. The summed E-state index contributed by atoms with van der Waals surface area (Å²) in [6, 6.07) is 10.1. The molecule has 2 N–H and O–H groups in total. The number of halogens is 1. The van der Waals surface area contributed by atoms with Crippen LogP contribution in [0.1, 0.15) is 31.4 Å². The molecule has 0 unspecified atom stereocenters. The van der Waals surface area contributed by atoms with Gasteiger partial charge in [0, 0.05) is 28.1 Å². The first-order chi connectivity index (χ1) is 9.23. The van der Waals surface area contributed by atoms with Crippen molar-refractivity contribution in [1.82, 2.24) is 5.16 Å². The monoisotopic (exact) mass is 320 g/mol. The molecule has 0 bridgehead atoms. The third-order valence-electron chi connectivity index (χ3n) is 4.13. The molecule has 0 saturated heterocycles. The molecule has 1 heterocycles. The van der Waals surface area contributed by atoms with Crippen molar-refractivity contribution in [3.05, 3.63) is 40.5 Å². The van der Waals surface area contributed by atoms with Crippen molar-refractivity contribution in [3.8, 4) is 11.3 Å². The topological polar surface area (TPSA) is 52.0 Å². The molecule has 1 aromatic carbocycles. The molecule has 100 valence electrons. The minimum Gasteiger partial charge on any atom is -0.356 e. The molecule has 0 spiro atoms. The van der Waals surface area contributed by atoms with Crippen LogP contribution < -0.4 is 5.73 Å². The zero-order chi connectivity index (χ0) is 13.3. The summed E-state index contributed by atoms with van der Waals surface area (Å²) in [7, 11) is 0. The van der Waals surface area contributed by atoms with Crippen LogP contribution in [0.3, 0.4) is 0 Å². The molecule has 1 saturated carbocycles. The molecule has 19 heavy (non-hydrogen) atoms. The SMILES string of the molecule is NCC1(c2cc(-c3ccc(Br)cc3)on2)CCCC1. The van der Waals surface area contributed by atoms with Gasteiger partial charge in [-0.3, -0.25) is 0 Å². The van der Waals surface area contributed by atoms with E-state index in [2.05, 4.69) is 27.2 Å². The second kappa shape index (κ2) is 5.10. The van der Waals surface area contributed by atoms with E-state index in [-0.39, 0.29) is 5.41 Å². The second-order valence-corrected chi connectivity index (χ2v) is 6.19. The number of benzene rings is 1. The van der Waals surface area contributed by atoms with Crippen LogP contribution in [0.15, 0.2) is 39.3 Å². The van der Waals surface area contributed by atoms with Crippen molar-refractivity contribution in [2.75, 3.05) is 6.54 Å². The number of aromatic nitrogens is 1. The zero-order valence-corrected chi connectivity index (χ0v) is 12.3. The molecular weight excluding hydrogens is 304 g/mol. The van der Waals surface area contributed by atoms with E-state index in [0.29, 0.717) is 6.54 Å². The molecule has 1 aliphatic carbocycles. The highest BCUT2D eigenvalue weighted by Gasteiger charge is 2.37. The van der Waals surface area contributed by atoms with Crippen molar-refractivity contribution in [2.45, 2.75) is 31.1 Å². The summed E-state index contributed by atoms with van der Waals surface area (Å²) < 4.78 is 6.57. The van der Waals surface area contributed by atoms with Crippen molar-refractivity contribution in [1.29, 1.82) is 0 Å². The fourth-order valence-electron chi connectivity index (χ4n) is 2.89. The first kappa shape index (κ1) is 12.9. The van der Waals surface area contributed by atoms with E-state index in [1.165, 1.54) is 12.8 Å². The zero-order valence-electron chi connectivity index (χ0n) is 10.7. The van der Waals surface area contributed by atoms with E-state index in [0.717, 1.165) is 34.3 Å². The predicted molar refractivity (Wildman–Crippen MR) is 78.8 cm³/mol. The maximum Gasteiger partial charge on any atom is 0.167 e. The van der Waals surface area contributed by atoms with E-state index < -0.39 is 0 Å². The first-order valence-electron chi connectivity index (χ1n) is 6.67. The Kier molecular flexibility index (Phi) is 3.46. The Morgan fingerprint density at radius 3 is 2.53 bits per heavy atom. The maximum absolute atomic E-state index is 5.98. The average Bonchev–Trinajstić information content (AvgIpc) is 3.09. The van der Waals surface area contributed by atoms with Crippen LogP contribution in [0, 0.1) is 0 Å². The molecule has 2 aromatic rings. The lowest BCUT2D eigenvalue weighted by molar-refractivity contribution is 0.372. The van der Waals surface area contributed by atoms with Gasteiger partial charge in [-0.15, -0.1) is 0 Å². The summed E-state index contributed by atoms with van der Waals surface area (Å²) in [5.41, 5.74) is 8.09. The van der Waals surface area contributed by atoms with E-state index >= 15 is 0 Å². The lowest BCUT2D eigenvalue weighted by atomic mass is 9.82. The summed E-state index contributed by atoms with van der Waals surface area (Å²) in [6.45, 7) is 0.652. The molecule has 3 rings (SSSR count). The molecule has 1 aromatic heterocycles. The fraction of sp³-hybridized carbons (Fsp3) is 0.400. The van der Waals surface area contributed by atoms with Crippen LogP contribution in [0.5, 0.6) is 0 Å². The molecule has 4 heteroatoms.